The van der Waals surface area contributed by atoms with E-state index in [1.165, 1.54) is 9.75 Å². The molecule has 118 valence electrons. The number of nitrogens with zero attached hydrogens (tertiary/aromatic N) is 2. The summed E-state index contributed by atoms with van der Waals surface area (Å²) in [5, 5.41) is 0. The fraction of sp³-hybridized carbons (Fsp3) is 0.235. The van der Waals surface area contributed by atoms with Crippen LogP contribution in [0.5, 0.6) is 5.75 Å². The van der Waals surface area contributed by atoms with Crippen molar-refractivity contribution in [1.82, 2.24) is 9.38 Å². The average Bonchev–Trinajstić information content (AvgIpc) is 3.25. The first-order chi connectivity index (χ1) is 11.3. The Bertz CT molecular complexity index is 970. The predicted octanol–water partition coefficient (Wildman–Crippen LogP) is 5.19. The minimum absolute atomic E-state index is 0.0936. The van der Waals surface area contributed by atoms with Gasteiger partial charge in [0.1, 0.15) is 24.7 Å². The van der Waals surface area contributed by atoms with Gasteiger partial charge in [0, 0.05) is 11.1 Å². The molecule has 4 rings (SSSR count). The fourth-order valence-electron chi connectivity index (χ4n) is 2.55. The van der Waals surface area contributed by atoms with E-state index < -0.39 is 6.67 Å². The van der Waals surface area contributed by atoms with Crippen molar-refractivity contribution in [2.75, 3.05) is 13.3 Å². The molecule has 0 radical (unpaired) electrons. The Hall–Kier alpha value is -1.92. The van der Waals surface area contributed by atoms with Gasteiger partial charge >= 0.3 is 0 Å². The SMILES string of the molecule is CCc1ccc(-c2cn3c(n2)sc2cc(OCCF)ccc23)s1. The van der Waals surface area contributed by atoms with Crippen LogP contribution in [0.1, 0.15) is 11.8 Å². The van der Waals surface area contributed by atoms with Crippen LogP contribution in [0.15, 0.2) is 36.5 Å². The molecular formula is C17H15FN2OS2. The monoisotopic (exact) mass is 346 g/mol. The predicted molar refractivity (Wildman–Crippen MR) is 94.7 cm³/mol. The zero-order valence-corrected chi connectivity index (χ0v) is 14.2. The Morgan fingerprint density at radius 3 is 2.91 bits per heavy atom. The van der Waals surface area contributed by atoms with Crippen LogP contribution in [-0.2, 0) is 6.42 Å². The first-order valence-corrected chi connectivity index (χ1v) is 9.11. The van der Waals surface area contributed by atoms with Crippen LogP contribution in [0.3, 0.4) is 0 Å². The summed E-state index contributed by atoms with van der Waals surface area (Å²) < 4.78 is 20.8. The normalized spacial score (nSPS) is 11.6. The quantitative estimate of drug-likeness (QED) is 0.497. The van der Waals surface area contributed by atoms with E-state index in [9.17, 15) is 4.39 Å². The minimum Gasteiger partial charge on any atom is -0.491 e. The molecule has 0 fully saturated rings. The molecule has 0 aliphatic rings. The second-order valence-corrected chi connectivity index (χ2v) is 7.34. The third-order valence-electron chi connectivity index (χ3n) is 3.67. The number of aromatic nitrogens is 2. The zero-order chi connectivity index (χ0) is 15.8. The number of imidazole rings is 1. The second-order valence-electron chi connectivity index (χ2n) is 5.17. The molecule has 0 aliphatic heterocycles. The molecule has 0 saturated heterocycles. The Morgan fingerprint density at radius 2 is 2.13 bits per heavy atom. The maximum Gasteiger partial charge on any atom is 0.195 e. The smallest absolute Gasteiger partial charge is 0.195 e. The van der Waals surface area contributed by atoms with Gasteiger partial charge in [0.25, 0.3) is 0 Å². The Labute approximate surface area is 141 Å². The molecule has 6 heteroatoms. The summed E-state index contributed by atoms with van der Waals surface area (Å²) in [6, 6.07) is 10.1. The molecule has 0 spiro atoms. The van der Waals surface area contributed by atoms with Crippen molar-refractivity contribution in [2.45, 2.75) is 13.3 Å². The highest BCUT2D eigenvalue weighted by Crippen LogP contribution is 2.33. The highest BCUT2D eigenvalue weighted by atomic mass is 32.1. The zero-order valence-electron chi connectivity index (χ0n) is 12.6. The molecule has 3 heterocycles. The molecule has 0 atom stereocenters. The number of fused-ring (bicyclic) bond motifs is 3. The first kappa shape index (κ1) is 14.7. The molecule has 0 N–H and O–H groups in total. The number of thiophene rings is 1. The van der Waals surface area contributed by atoms with Crippen molar-refractivity contribution in [3.05, 3.63) is 41.4 Å². The van der Waals surface area contributed by atoms with E-state index in [-0.39, 0.29) is 6.61 Å². The van der Waals surface area contributed by atoms with Crippen molar-refractivity contribution in [1.29, 1.82) is 0 Å². The summed E-state index contributed by atoms with van der Waals surface area (Å²) in [6.07, 6.45) is 3.14. The number of hydrogen-bond acceptors (Lipinski definition) is 4. The topological polar surface area (TPSA) is 26.5 Å². The lowest BCUT2D eigenvalue weighted by molar-refractivity contribution is 0.273. The summed E-state index contributed by atoms with van der Waals surface area (Å²) >= 11 is 3.41. The van der Waals surface area contributed by atoms with E-state index in [1.54, 1.807) is 22.7 Å². The van der Waals surface area contributed by atoms with E-state index in [1.807, 2.05) is 18.2 Å². The molecule has 0 saturated carbocycles. The summed E-state index contributed by atoms with van der Waals surface area (Å²) in [5.74, 6) is 0.700. The molecule has 0 amide bonds. The maximum absolute atomic E-state index is 12.2. The van der Waals surface area contributed by atoms with Crippen LogP contribution in [-0.4, -0.2) is 22.7 Å². The van der Waals surface area contributed by atoms with Gasteiger partial charge in [-0.25, -0.2) is 9.37 Å². The van der Waals surface area contributed by atoms with Crippen LogP contribution in [0.2, 0.25) is 0 Å². The molecule has 3 aromatic heterocycles. The van der Waals surface area contributed by atoms with E-state index in [2.05, 4.69) is 29.7 Å². The van der Waals surface area contributed by atoms with Crippen LogP contribution in [0, 0.1) is 0 Å². The maximum atomic E-state index is 12.2. The van der Waals surface area contributed by atoms with Crippen LogP contribution < -0.4 is 4.74 Å². The average molecular weight is 346 g/mol. The molecule has 1 aromatic carbocycles. The standard InChI is InChI=1S/C17H15FN2OS2/c1-2-12-4-6-15(22-12)13-10-20-14-5-3-11(21-8-7-18)9-16(14)23-17(20)19-13/h3-6,9-10H,2,7-8H2,1H3. The molecule has 23 heavy (non-hydrogen) atoms. The molecule has 0 bridgehead atoms. The third-order valence-corrected chi connectivity index (χ3v) is 5.94. The van der Waals surface area contributed by atoms with Crippen LogP contribution in [0.4, 0.5) is 4.39 Å². The van der Waals surface area contributed by atoms with E-state index in [0.717, 1.165) is 27.3 Å². The van der Waals surface area contributed by atoms with Crippen molar-refractivity contribution < 1.29 is 9.13 Å². The Morgan fingerprint density at radius 1 is 1.22 bits per heavy atom. The van der Waals surface area contributed by atoms with E-state index >= 15 is 0 Å². The fourth-order valence-corrected chi connectivity index (χ4v) is 4.49. The minimum atomic E-state index is -0.476. The van der Waals surface area contributed by atoms with Crippen molar-refractivity contribution >= 4 is 37.9 Å². The van der Waals surface area contributed by atoms with Crippen LogP contribution >= 0.6 is 22.7 Å². The van der Waals surface area contributed by atoms with Crippen LogP contribution in [0.25, 0.3) is 25.7 Å². The Kier molecular flexibility index (Phi) is 3.79. The number of thiazole rings is 1. The van der Waals surface area contributed by atoms with Gasteiger partial charge in [0.2, 0.25) is 0 Å². The molecule has 0 aliphatic carbocycles. The van der Waals surface area contributed by atoms with Gasteiger partial charge < -0.3 is 4.74 Å². The number of rotatable bonds is 5. The highest BCUT2D eigenvalue weighted by Gasteiger charge is 2.12. The van der Waals surface area contributed by atoms with Gasteiger partial charge in [-0.2, -0.15) is 0 Å². The molecule has 3 nitrogen and oxygen atoms in total. The molecule has 0 unspecified atom stereocenters. The summed E-state index contributed by atoms with van der Waals surface area (Å²) in [5.41, 5.74) is 2.12. The number of benzene rings is 1. The van der Waals surface area contributed by atoms with Gasteiger partial charge in [-0.05, 0) is 36.8 Å². The van der Waals surface area contributed by atoms with Crippen molar-refractivity contribution in [3.8, 4) is 16.3 Å². The lowest BCUT2D eigenvalue weighted by Gasteiger charge is -2.02. The highest BCUT2D eigenvalue weighted by molar-refractivity contribution is 7.23. The number of aryl methyl sites for hydroxylation is 1. The second kappa shape index (κ2) is 5.94. The van der Waals surface area contributed by atoms with Gasteiger partial charge in [-0.15, -0.1) is 11.3 Å². The van der Waals surface area contributed by atoms with E-state index in [0.29, 0.717) is 5.75 Å². The molecular weight excluding hydrogens is 331 g/mol. The number of hydrogen-bond donors (Lipinski definition) is 0. The largest absolute Gasteiger partial charge is 0.491 e. The van der Waals surface area contributed by atoms with Gasteiger partial charge in [0.05, 0.1) is 15.1 Å². The Balaban J connectivity index is 1.74. The third kappa shape index (κ3) is 2.62. The summed E-state index contributed by atoms with van der Waals surface area (Å²) in [6.45, 7) is 1.78. The summed E-state index contributed by atoms with van der Waals surface area (Å²) in [4.78, 5) is 8.29. The number of alkyl halides is 1. The van der Waals surface area contributed by atoms with E-state index in [4.69, 9.17) is 9.72 Å². The van der Waals surface area contributed by atoms with Gasteiger partial charge in [-0.3, -0.25) is 4.40 Å². The van der Waals surface area contributed by atoms with Gasteiger partial charge in [0.15, 0.2) is 4.96 Å². The lowest BCUT2D eigenvalue weighted by Crippen LogP contribution is -1.98. The summed E-state index contributed by atoms with van der Waals surface area (Å²) in [7, 11) is 0. The number of halogens is 1. The number of ether oxygens (including phenoxy) is 1. The lowest BCUT2D eigenvalue weighted by atomic mass is 10.3. The first-order valence-electron chi connectivity index (χ1n) is 7.48. The van der Waals surface area contributed by atoms with Crippen molar-refractivity contribution in [3.63, 3.8) is 0 Å². The van der Waals surface area contributed by atoms with Gasteiger partial charge in [-0.1, -0.05) is 18.3 Å². The molecule has 4 aromatic rings. The van der Waals surface area contributed by atoms with Crippen molar-refractivity contribution in [2.24, 2.45) is 0 Å².